The molecule has 1 amide bonds. The average molecular weight is 226 g/mol. The van der Waals surface area contributed by atoms with Gasteiger partial charge < -0.3 is 15.0 Å². The Morgan fingerprint density at radius 3 is 2.75 bits per heavy atom. The monoisotopic (exact) mass is 226 g/mol. The van der Waals surface area contributed by atoms with Gasteiger partial charge in [-0.3, -0.25) is 4.79 Å². The number of ether oxygens (including phenoxy) is 1. The lowest BCUT2D eigenvalue weighted by Crippen LogP contribution is -2.37. The smallest absolute Gasteiger partial charge is 0.248 e. The lowest BCUT2D eigenvalue weighted by molar-refractivity contribution is -0.137. The maximum atomic E-state index is 11.8. The molecule has 4 heteroatoms. The highest BCUT2D eigenvalue weighted by atomic mass is 16.5. The molecule has 2 fully saturated rings. The van der Waals surface area contributed by atoms with Crippen molar-refractivity contribution >= 4 is 5.91 Å². The number of hydrogen-bond acceptors (Lipinski definition) is 3. The Bertz CT molecular complexity index is 239. The molecule has 2 aliphatic heterocycles. The zero-order valence-electron chi connectivity index (χ0n) is 10.1. The van der Waals surface area contributed by atoms with Crippen molar-refractivity contribution in [3.63, 3.8) is 0 Å². The molecule has 2 rings (SSSR count). The molecule has 4 nitrogen and oxygen atoms in total. The van der Waals surface area contributed by atoms with E-state index in [1.807, 2.05) is 4.90 Å². The summed E-state index contributed by atoms with van der Waals surface area (Å²) in [6.07, 6.45) is 3.48. The molecule has 0 spiro atoms. The topological polar surface area (TPSA) is 41.6 Å². The van der Waals surface area contributed by atoms with Crippen LogP contribution in [0.15, 0.2) is 0 Å². The van der Waals surface area contributed by atoms with Crippen LogP contribution in [0.25, 0.3) is 0 Å². The number of amides is 1. The molecule has 1 unspecified atom stereocenters. The third-order valence-electron chi connectivity index (χ3n) is 3.51. The number of hydrogen-bond donors (Lipinski definition) is 1. The molecule has 0 aromatic heterocycles. The molecule has 0 aromatic carbocycles. The molecule has 0 aliphatic carbocycles. The van der Waals surface area contributed by atoms with E-state index in [1.54, 1.807) is 0 Å². The first kappa shape index (κ1) is 11.9. The molecular weight excluding hydrogens is 204 g/mol. The molecule has 1 atom stereocenters. The molecule has 2 aliphatic rings. The molecular formula is C12H22N2O2. The summed E-state index contributed by atoms with van der Waals surface area (Å²) in [5, 5.41) is 3.29. The molecule has 0 bridgehead atoms. The SMILES string of the molecule is CC1CCN(C(=O)COC2CCNCC2)C1. The molecule has 0 aromatic rings. The fraction of sp³-hybridized carbons (Fsp3) is 0.917. The van der Waals surface area contributed by atoms with Crippen molar-refractivity contribution < 1.29 is 9.53 Å². The van der Waals surface area contributed by atoms with Crippen molar-refractivity contribution in [3.8, 4) is 0 Å². The Labute approximate surface area is 97.3 Å². The first-order valence-electron chi connectivity index (χ1n) is 6.36. The van der Waals surface area contributed by atoms with Gasteiger partial charge in [-0.1, -0.05) is 6.92 Å². The first-order chi connectivity index (χ1) is 7.75. The summed E-state index contributed by atoms with van der Waals surface area (Å²) in [5.41, 5.74) is 0. The minimum Gasteiger partial charge on any atom is -0.368 e. The van der Waals surface area contributed by atoms with E-state index in [4.69, 9.17) is 4.74 Å². The van der Waals surface area contributed by atoms with Gasteiger partial charge in [0.15, 0.2) is 0 Å². The number of piperidine rings is 1. The van der Waals surface area contributed by atoms with E-state index in [0.717, 1.165) is 45.4 Å². The summed E-state index contributed by atoms with van der Waals surface area (Å²) in [6.45, 7) is 6.32. The quantitative estimate of drug-likeness (QED) is 0.767. The summed E-state index contributed by atoms with van der Waals surface area (Å²) < 4.78 is 5.66. The van der Waals surface area contributed by atoms with Crippen molar-refractivity contribution in [3.05, 3.63) is 0 Å². The Hall–Kier alpha value is -0.610. The second-order valence-electron chi connectivity index (χ2n) is 4.99. The van der Waals surface area contributed by atoms with Crippen LogP contribution in [0.4, 0.5) is 0 Å². The van der Waals surface area contributed by atoms with Gasteiger partial charge in [-0.05, 0) is 38.3 Å². The Morgan fingerprint density at radius 1 is 1.38 bits per heavy atom. The van der Waals surface area contributed by atoms with Crippen LogP contribution in [0.1, 0.15) is 26.2 Å². The number of nitrogens with one attached hydrogen (secondary N) is 1. The van der Waals surface area contributed by atoms with E-state index in [1.165, 1.54) is 0 Å². The molecule has 2 saturated heterocycles. The predicted octanol–water partition coefficient (Wildman–Crippen LogP) is 0.623. The third-order valence-corrected chi connectivity index (χ3v) is 3.51. The van der Waals surface area contributed by atoms with Gasteiger partial charge in [0.05, 0.1) is 6.10 Å². The third kappa shape index (κ3) is 3.19. The first-order valence-corrected chi connectivity index (χ1v) is 6.36. The second kappa shape index (κ2) is 5.64. The summed E-state index contributed by atoms with van der Waals surface area (Å²) in [7, 11) is 0. The lowest BCUT2D eigenvalue weighted by atomic mass is 10.1. The number of likely N-dealkylation sites (tertiary alicyclic amines) is 1. The molecule has 0 saturated carbocycles. The summed E-state index contributed by atoms with van der Waals surface area (Å²) in [6, 6.07) is 0. The van der Waals surface area contributed by atoms with Gasteiger partial charge in [-0.25, -0.2) is 0 Å². The van der Waals surface area contributed by atoms with Crippen LogP contribution in [-0.4, -0.2) is 49.7 Å². The van der Waals surface area contributed by atoms with Crippen LogP contribution in [0.5, 0.6) is 0 Å². The maximum absolute atomic E-state index is 11.8. The van der Waals surface area contributed by atoms with E-state index < -0.39 is 0 Å². The second-order valence-corrected chi connectivity index (χ2v) is 4.99. The average Bonchev–Trinajstić information content (AvgIpc) is 2.74. The number of carbonyl (C=O) groups excluding carboxylic acids is 1. The summed E-state index contributed by atoms with van der Waals surface area (Å²) in [5.74, 6) is 0.825. The standard InChI is InChI=1S/C12H22N2O2/c1-10-4-7-14(8-10)12(15)9-16-11-2-5-13-6-3-11/h10-11,13H,2-9H2,1H3. The van der Waals surface area contributed by atoms with E-state index >= 15 is 0 Å². The van der Waals surface area contributed by atoms with Gasteiger partial charge in [0.1, 0.15) is 6.61 Å². The fourth-order valence-corrected chi connectivity index (χ4v) is 2.40. The van der Waals surface area contributed by atoms with Crippen molar-refractivity contribution in [1.29, 1.82) is 0 Å². The zero-order valence-corrected chi connectivity index (χ0v) is 10.1. The van der Waals surface area contributed by atoms with Gasteiger partial charge in [-0.15, -0.1) is 0 Å². The molecule has 92 valence electrons. The van der Waals surface area contributed by atoms with E-state index in [-0.39, 0.29) is 18.6 Å². The van der Waals surface area contributed by atoms with Gasteiger partial charge in [0.25, 0.3) is 0 Å². The normalized spacial score (nSPS) is 27.3. The zero-order chi connectivity index (χ0) is 11.4. The van der Waals surface area contributed by atoms with E-state index in [0.29, 0.717) is 5.92 Å². The molecule has 16 heavy (non-hydrogen) atoms. The minimum absolute atomic E-state index is 0.169. The molecule has 1 N–H and O–H groups in total. The van der Waals surface area contributed by atoms with E-state index in [9.17, 15) is 4.79 Å². The van der Waals surface area contributed by atoms with Crippen LogP contribution < -0.4 is 5.32 Å². The van der Waals surface area contributed by atoms with Crippen molar-refractivity contribution in [2.75, 3.05) is 32.8 Å². The summed E-state index contributed by atoms with van der Waals surface area (Å²) >= 11 is 0. The van der Waals surface area contributed by atoms with E-state index in [2.05, 4.69) is 12.2 Å². The fourth-order valence-electron chi connectivity index (χ4n) is 2.40. The minimum atomic E-state index is 0.169. The number of nitrogens with zero attached hydrogens (tertiary/aromatic N) is 1. The van der Waals surface area contributed by atoms with Gasteiger partial charge in [0.2, 0.25) is 5.91 Å². The van der Waals surface area contributed by atoms with Crippen LogP contribution in [0.2, 0.25) is 0 Å². The van der Waals surface area contributed by atoms with Crippen LogP contribution in [0.3, 0.4) is 0 Å². The van der Waals surface area contributed by atoms with Gasteiger partial charge in [0, 0.05) is 13.1 Å². The highest BCUT2D eigenvalue weighted by Crippen LogP contribution is 2.15. The largest absolute Gasteiger partial charge is 0.368 e. The summed E-state index contributed by atoms with van der Waals surface area (Å²) in [4.78, 5) is 13.8. The Balaban J connectivity index is 1.67. The Morgan fingerprint density at radius 2 is 2.12 bits per heavy atom. The van der Waals surface area contributed by atoms with Gasteiger partial charge >= 0.3 is 0 Å². The van der Waals surface area contributed by atoms with Crippen LogP contribution in [0, 0.1) is 5.92 Å². The molecule has 2 heterocycles. The van der Waals surface area contributed by atoms with Crippen LogP contribution in [-0.2, 0) is 9.53 Å². The van der Waals surface area contributed by atoms with Crippen LogP contribution >= 0.6 is 0 Å². The highest BCUT2D eigenvalue weighted by molar-refractivity contribution is 5.77. The van der Waals surface area contributed by atoms with Gasteiger partial charge in [-0.2, -0.15) is 0 Å². The number of rotatable bonds is 3. The predicted molar refractivity (Wildman–Crippen MR) is 62.2 cm³/mol. The number of carbonyl (C=O) groups is 1. The Kier molecular flexibility index (Phi) is 4.18. The maximum Gasteiger partial charge on any atom is 0.248 e. The molecule has 0 radical (unpaired) electrons. The highest BCUT2D eigenvalue weighted by Gasteiger charge is 2.24. The van der Waals surface area contributed by atoms with Crippen molar-refractivity contribution in [2.45, 2.75) is 32.3 Å². The lowest BCUT2D eigenvalue weighted by Gasteiger charge is -2.24. The van der Waals surface area contributed by atoms with Crippen molar-refractivity contribution in [1.82, 2.24) is 10.2 Å². The van der Waals surface area contributed by atoms with Crippen molar-refractivity contribution in [2.24, 2.45) is 5.92 Å².